The molecule has 0 spiro atoms. The second-order valence-electron chi connectivity index (χ2n) is 12.1. The zero-order valence-corrected chi connectivity index (χ0v) is 29.0. The number of carbonyl (C=O) groups excluding carboxylic acids is 1. The second kappa shape index (κ2) is 21.9. The number of nitrogens with zero attached hydrogens (tertiary/aromatic N) is 1. The Hall–Kier alpha value is -1.70. The number of ether oxygens (including phenoxy) is 2. The highest BCUT2D eigenvalue weighted by atomic mass is 31.2. The van der Waals surface area contributed by atoms with Crippen LogP contribution in [0.3, 0.4) is 0 Å². The Morgan fingerprint density at radius 3 is 2.00 bits per heavy atom. The average Bonchev–Trinajstić information content (AvgIpc) is 3.01. The van der Waals surface area contributed by atoms with E-state index in [1.807, 2.05) is 12.1 Å². The summed E-state index contributed by atoms with van der Waals surface area (Å²) < 4.78 is 34.6. The molecule has 0 amide bonds. The summed E-state index contributed by atoms with van der Waals surface area (Å²) in [7, 11) is -4.68. The van der Waals surface area contributed by atoms with Crippen LogP contribution in [0.15, 0.2) is 36.2 Å². The van der Waals surface area contributed by atoms with Gasteiger partial charge in [-0.1, -0.05) is 109 Å². The number of hydrogen-bond acceptors (Lipinski definition) is 7. The fraction of sp³-hybridized carbons (Fsp3) is 0.743. The summed E-state index contributed by atoms with van der Waals surface area (Å²) in [6.45, 7) is 9.53. The Morgan fingerprint density at radius 1 is 0.864 bits per heavy atom. The molecular weight excluding hydrogens is 577 g/mol. The van der Waals surface area contributed by atoms with E-state index >= 15 is 0 Å². The molecule has 0 bridgehead atoms. The van der Waals surface area contributed by atoms with Gasteiger partial charge in [-0.2, -0.15) is 0 Å². The Labute approximate surface area is 267 Å². The van der Waals surface area contributed by atoms with Crippen molar-refractivity contribution in [3.8, 4) is 0 Å². The predicted molar refractivity (Wildman–Crippen MR) is 177 cm³/mol. The molecule has 1 aromatic carbocycles. The van der Waals surface area contributed by atoms with Crippen LogP contribution in [0.4, 0.5) is 5.69 Å². The molecule has 44 heavy (non-hydrogen) atoms. The van der Waals surface area contributed by atoms with Gasteiger partial charge < -0.3 is 23.4 Å². The molecule has 0 fully saturated rings. The molecule has 252 valence electrons. The number of phosphoric acid groups is 1. The lowest BCUT2D eigenvalue weighted by atomic mass is 9.96. The van der Waals surface area contributed by atoms with E-state index in [1.165, 1.54) is 101 Å². The van der Waals surface area contributed by atoms with Crippen LogP contribution in [0.25, 0.3) is 0 Å². The summed E-state index contributed by atoms with van der Waals surface area (Å²) in [5.74, 6) is -0.517. The van der Waals surface area contributed by atoms with Gasteiger partial charge in [0, 0.05) is 25.5 Å². The van der Waals surface area contributed by atoms with Crippen molar-refractivity contribution < 1.29 is 32.8 Å². The second-order valence-corrected chi connectivity index (χ2v) is 13.5. The SMILES string of the molecule is CCCCCCCCCCCCCCCCOCC(COP(=O)([O-])OC=C1CCc2ccccc2[N+]1(CC)CC)OC(C)=O. The van der Waals surface area contributed by atoms with Crippen LogP contribution in [-0.2, 0) is 34.3 Å². The summed E-state index contributed by atoms with van der Waals surface area (Å²) in [5.41, 5.74) is 3.33. The fourth-order valence-corrected chi connectivity index (χ4v) is 6.86. The lowest BCUT2D eigenvalue weighted by Gasteiger charge is -2.41. The van der Waals surface area contributed by atoms with Crippen LogP contribution in [0.5, 0.6) is 0 Å². The molecule has 2 rings (SSSR count). The molecule has 1 aliphatic heterocycles. The molecular formula is C35H60NO7P. The number of rotatable bonds is 25. The summed E-state index contributed by atoms with van der Waals surface area (Å²) in [6, 6.07) is 8.28. The smallest absolute Gasteiger partial charge is 0.319 e. The van der Waals surface area contributed by atoms with Crippen LogP contribution >= 0.6 is 7.82 Å². The van der Waals surface area contributed by atoms with Gasteiger partial charge >= 0.3 is 13.8 Å². The standard InChI is InChI=1S/C35H60NO7P/c1-5-8-9-10-11-12-13-14-15-16-17-18-19-22-27-40-29-34(43-31(4)37)30-42-44(38,39)41-28-33-26-25-32-23-20-21-24-35(32)36(33,6-2)7-3/h20-21,23-24,28,34H,5-19,22,25-27,29-30H2,1-4H3. The molecule has 0 aromatic heterocycles. The minimum atomic E-state index is -4.68. The van der Waals surface area contributed by atoms with Gasteiger partial charge in [-0.3, -0.25) is 13.8 Å². The van der Waals surface area contributed by atoms with Gasteiger partial charge in [-0.15, -0.1) is 0 Å². The van der Waals surface area contributed by atoms with Gasteiger partial charge in [0.05, 0.1) is 26.3 Å². The van der Waals surface area contributed by atoms with Gasteiger partial charge in [0.25, 0.3) is 0 Å². The van der Waals surface area contributed by atoms with Gasteiger partial charge in [0.15, 0.2) is 0 Å². The van der Waals surface area contributed by atoms with E-state index in [2.05, 4.69) is 32.9 Å². The zero-order valence-electron chi connectivity index (χ0n) is 28.1. The van der Waals surface area contributed by atoms with Gasteiger partial charge in [-0.05, 0) is 32.8 Å². The molecule has 0 aliphatic carbocycles. The number of fused-ring (bicyclic) bond motifs is 1. The number of phosphoric ester groups is 1. The Balaban J connectivity index is 1.66. The van der Waals surface area contributed by atoms with Crippen molar-refractivity contribution in [2.45, 2.75) is 137 Å². The first-order valence-corrected chi connectivity index (χ1v) is 18.8. The van der Waals surface area contributed by atoms with Crippen molar-refractivity contribution in [1.29, 1.82) is 0 Å². The van der Waals surface area contributed by atoms with Crippen molar-refractivity contribution >= 4 is 19.5 Å². The van der Waals surface area contributed by atoms with Crippen molar-refractivity contribution in [2.24, 2.45) is 0 Å². The molecule has 8 nitrogen and oxygen atoms in total. The lowest BCUT2D eigenvalue weighted by Crippen LogP contribution is -2.50. The summed E-state index contributed by atoms with van der Waals surface area (Å²) in [4.78, 5) is 24.3. The largest absolute Gasteiger partial charge is 0.746 e. The van der Waals surface area contributed by atoms with Gasteiger partial charge in [0.2, 0.25) is 0 Å². The van der Waals surface area contributed by atoms with Crippen molar-refractivity contribution in [3.05, 3.63) is 41.8 Å². The monoisotopic (exact) mass is 637 g/mol. The van der Waals surface area contributed by atoms with Crippen LogP contribution in [-0.4, -0.2) is 45.0 Å². The molecule has 0 saturated heterocycles. The van der Waals surface area contributed by atoms with Crippen molar-refractivity contribution in [2.75, 3.05) is 32.9 Å². The number of unbranched alkanes of at least 4 members (excludes halogenated alkanes) is 13. The van der Waals surface area contributed by atoms with Crippen LogP contribution in [0, 0.1) is 0 Å². The molecule has 0 saturated carbocycles. The molecule has 2 unspecified atom stereocenters. The third-order valence-corrected chi connectivity index (χ3v) is 9.58. The predicted octanol–water partition coefficient (Wildman–Crippen LogP) is 8.75. The molecule has 1 aromatic rings. The maximum Gasteiger partial charge on any atom is 0.319 e. The topological polar surface area (TPSA) is 94.1 Å². The van der Waals surface area contributed by atoms with E-state index in [0.29, 0.717) is 17.5 Å². The van der Waals surface area contributed by atoms with E-state index in [9.17, 15) is 14.3 Å². The first-order chi connectivity index (χ1) is 21.3. The number of quaternary nitrogens is 1. The normalized spacial score (nSPS) is 17.2. The van der Waals surface area contributed by atoms with E-state index in [4.69, 9.17) is 18.5 Å². The first kappa shape index (κ1) is 38.5. The quantitative estimate of drug-likeness (QED) is 0.0348. The van der Waals surface area contributed by atoms with Crippen LogP contribution < -0.4 is 9.38 Å². The molecule has 1 heterocycles. The molecule has 0 radical (unpaired) electrons. The lowest BCUT2D eigenvalue weighted by molar-refractivity contribution is -0.223. The average molecular weight is 638 g/mol. The van der Waals surface area contributed by atoms with Gasteiger partial charge in [-0.25, -0.2) is 0 Å². The minimum absolute atomic E-state index is 0.0710. The third-order valence-electron chi connectivity index (χ3n) is 8.75. The zero-order chi connectivity index (χ0) is 32.1. The van der Waals surface area contributed by atoms with E-state index in [0.717, 1.165) is 38.0 Å². The maximum atomic E-state index is 12.7. The van der Waals surface area contributed by atoms with Crippen LogP contribution in [0.2, 0.25) is 0 Å². The summed E-state index contributed by atoms with van der Waals surface area (Å²) >= 11 is 0. The molecule has 0 N–H and O–H groups in total. The van der Waals surface area contributed by atoms with E-state index in [1.54, 1.807) is 0 Å². The summed E-state index contributed by atoms with van der Waals surface area (Å²) in [5, 5.41) is 0. The number of carbonyl (C=O) groups is 1. The number of aryl methyl sites for hydroxylation is 1. The van der Waals surface area contributed by atoms with E-state index in [-0.39, 0.29) is 13.2 Å². The highest BCUT2D eigenvalue weighted by Crippen LogP contribution is 2.43. The first-order valence-electron chi connectivity index (χ1n) is 17.3. The number of esters is 1. The summed E-state index contributed by atoms with van der Waals surface area (Å²) in [6.07, 6.45) is 20.0. The number of allylic oxidation sites excluding steroid dienone is 1. The molecule has 2 atom stereocenters. The fourth-order valence-electron chi connectivity index (χ4n) is 6.20. The Kier molecular flexibility index (Phi) is 19.2. The van der Waals surface area contributed by atoms with E-state index < -0.39 is 19.9 Å². The number of hydrogen-bond donors (Lipinski definition) is 0. The highest BCUT2D eigenvalue weighted by Gasteiger charge is 2.38. The minimum Gasteiger partial charge on any atom is -0.746 e. The van der Waals surface area contributed by atoms with Gasteiger partial charge in [0.1, 0.15) is 23.8 Å². The molecule has 1 aliphatic rings. The third kappa shape index (κ3) is 14.2. The molecule has 9 heteroatoms. The Bertz CT molecular complexity index is 1010. The van der Waals surface area contributed by atoms with Crippen molar-refractivity contribution in [1.82, 2.24) is 4.48 Å². The number of para-hydroxylation sites is 1. The number of benzene rings is 1. The Morgan fingerprint density at radius 2 is 1.43 bits per heavy atom. The van der Waals surface area contributed by atoms with Crippen LogP contribution in [0.1, 0.15) is 130 Å². The highest BCUT2D eigenvalue weighted by molar-refractivity contribution is 7.46. The van der Waals surface area contributed by atoms with Crippen molar-refractivity contribution in [3.63, 3.8) is 0 Å². The maximum absolute atomic E-state index is 12.7.